The van der Waals surface area contributed by atoms with Crippen molar-refractivity contribution in [2.75, 3.05) is 45.5 Å². The van der Waals surface area contributed by atoms with Crippen LogP contribution < -0.4 is 5.32 Å². The minimum atomic E-state index is 0.0539. The van der Waals surface area contributed by atoms with Crippen LogP contribution in [0.15, 0.2) is 0 Å². The van der Waals surface area contributed by atoms with Crippen LogP contribution in [0.1, 0.15) is 58.3 Å². The third kappa shape index (κ3) is 8.30. The van der Waals surface area contributed by atoms with Gasteiger partial charge in [-0.25, -0.2) is 4.79 Å². The third-order valence-electron chi connectivity index (χ3n) is 5.75. The van der Waals surface area contributed by atoms with Gasteiger partial charge in [-0.05, 0) is 44.7 Å². The fourth-order valence-electron chi connectivity index (χ4n) is 4.21. The molecule has 1 aliphatic heterocycles. The lowest BCUT2D eigenvalue weighted by atomic mass is 9.87. The first kappa shape index (κ1) is 21.5. The van der Waals surface area contributed by atoms with Crippen molar-refractivity contribution in [3.8, 4) is 0 Å². The molecule has 2 fully saturated rings. The van der Waals surface area contributed by atoms with Crippen LogP contribution in [0.5, 0.6) is 0 Å². The molecule has 1 saturated carbocycles. The fraction of sp³-hybridized carbons (Fsp3) is 0.900. The van der Waals surface area contributed by atoms with Gasteiger partial charge in [0, 0.05) is 38.9 Å². The lowest BCUT2D eigenvalue weighted by Gasteiger charge is -2.31. The Bertz CT molecular complexity index is 441. The Morgan fingerprint density at radius 1 is 1.08 bits per heavy atom. The summed E-state index contributed by atoms with van der Waals surface area (Å²) < 4.78 is 0. The maximum Gasteiger partial charge on any atom is 0.317 e. The molecule has 2 amide bonds. The van der Waals surface area contributed by atoms with E-state index in [0.29, 0.717) is 18.2 Å². The highest BCUT2D eigenvalue weighted by Gasteiger charge is 2.21. The van der Waals surface area contributed by atoms with Crippen molar-refractivity contribution in [1.29, 1.82) is 0 Å². The van der Waals surface area contributed by atoms with E-state index in [9.17, 15) is 9.59 Å². The number of nitrogens with zero attached hydrogens (tertiary/aromatic N) is 2. The number of piperidine rings is 1. The molecule has 0 radical (unpaired) electrons. The largest absolute Gasteiger partial charge is 0.338 e. The fourth-order valence-corrected chi connectivity index (χ4v) is 4.81. The number of likely N-dealkylation sites (tertiary alicyclic amines) is 1. The van der Waals surface area contributed by atoms with Crippen LogP contribution in [-0.4, -0.2) is 66.5 Å². The molecular formula is C20H37N3O2S. The molecule has 1 saturated heterocycles. The van der Waals surface area contributed by atoms with Gasteiger partial charge < -0.3 is 15.1 Å². The van der Waals surface area contributed by atoms with E-state index in [1.807, 2.05) is 4.90 Å². The van der Waals surface area contributed by atoms with Crippen LogP contribution in [0.25, 0.3) is 0 Å². The molecule has 5 nitrogen and oxygen atoms in total. The lowest BCUT2D eigenvalue weighted by molar-refractivity contribution is -0.109. The number of urea groups is 1. The van der Waals surface area contributed by atoms with Gasteiger partial charge in [-0.1, -0.05) is 43.9 Å². The molecule has 0 bridgehead atoms. The molecule has 1 aliphatic carbocycles. The van der Waals surface area contributed by atoms with Crippen LogP contribution in [-0.2, 0) is 4.79 Å². The summed E-state index contributed by atoms with van der Waals surface area (Å²) in [6, 6.07) is 0.0539. The molecule has 150 valence electrons. The zero-order valence-corrected chi connectivity index (χ0v) is 17.5. The van der Waals surface area contributed by atoms with E-state index >= 15 is 0 Å². The number of thioether (sulfide) groups is 1. The van der Waals surface area contributed by atoms with E-state index in [1.54, 1.807) is 6.92 Å². The topological polar surface area (TPSA) is 52.7 Å². The van der Waals surface area contributed by atoms with Gasteiger partial charge in [-0.3, -0.25) is 4.79 Å². The van der Waals surface area contributed by atoms with Crippen LogP contribution in [0, 0.1) is 11.8 Å². The van der Waals surface area contributed by atoms with E-state index in [1.165, 1.54) is 63.3 Å². The summed E-state index contributed by atoms with van der Waals surface area (Å²) >= 11 is 1.32. The number of carbonyl (C=O) groups is 2. The number of nitrogens with one attached hydrogen (secondary N) is 1. The smallest absolute Gasteiger partial charge is 0.317 e. The molecular weight excluding hydrogens is 346 g/mol. The molecule has 1 atom stereocenters. The van der Waals surface area contributed by atoms with Gasteiger partial charge in [0.25, 0.3) is 0 Å². The summed E-state index contributed by atoms with van der Waals surface area (Å²) in [5.41, 5.74) is 0. The van der Waals surface area contributed by atoms with Gasteiger partial charge in [0.15, 0.2) is 5.12 Å². The Hall–Kier alpha value is -0.750. The summed E-state index contributed by atoms with van der Waals surface area (Å²) in [6.07, 6.45) is 10.2. The van der Waals surface area contributed by atoms with E-state index < -0.39 is 0 Å². The van der Waals surface area contributed by atoms with Crippen molar-refractivity contribution in [2.45, 2.75) is 58.3 Å². The standard InChI is InChI=1S/C20H37N3O2S/c1-17(24)26-14-13-23(12-10-18-7-4-3-5-8-18)20(25)21-15-19-9-6-11-22(2)16-19/h18-19H,3-16H2,1-2H3,(H,21,25)/t19-/m0/s1. The number of hydrogen-bond acceptors (Lipinski definition) is 4. The summed E-state index contributed by atoms with van der Waals surface area (Å²) in [6.45, 7) is 6.08. The zero-order chi connectivity index (χ0) is 18.8. The number of hydrogen-bond donors (Lipinski definition) is 1. The molecule has 2 rings (SSSR count). The molecule has 0 aromatic carbocycles. The highest BCUT2D eigenvalue weighted by atomic mass is 32.2. The summed E-state index contributed by atoms with van der Waals surface area (Å²) in [7, 11) is 2.16. The Balaban J connectivity index is 1.77. The molecule has 0 aromatic rings. The highest BCUT2D eigenvalue weighted by Crippen LogP contribution is 2.26. The minimum absolute atomic E-state index is 0.0539. The first-order valence-electron chi connectivity index (χ1n) is 10.4. The van der Waals surface area contributed by atoms with E-state index in [4.69, 9.17) is 0 Å². The Kier molecular flexibility index (Phi) is 9.83. The molecule has 1 N–H and O–H groups in total. The second-order valence-corrected chi connectivity index (χ2v) is 9.35. The average Bonchev–Trinajstić information content (AvgIpc) is 2.63. The van der Waals surface area contributed by atoms with Crippen molar-refractivity contribution >= 4 is 22.9 Å². The Labute approximate surface area is 163 Å². The van der Waals surface area contributed by atoms with Crippen molar-refractivity contribution in [3.63, 3.8) is 0 Å². The average molecular weight is 384 g/mol. The van der Waals surface area contributed by atoms with Crippen molar-refractivity contribution in [2.24, 2.45) is 11.8 Å². The molecule has 0 aromatic heterocycles. The molecule has 6 heteroatoms. The van der Waals surface area contributed by atoms with Crippen LogP contribution >= 0.6 is 11.8 Å². The Morgan fingerprint density at radius 3 is 2.50 bits per heavy atom. The molecule has 1 heterocycles. The maximum atomic E-state index is 12.7. The first-order chi connectivity index (χ1) is 12.5. The zero-order valence-electron chi connectivity index (χ0n) is 16.7. The highest BCUT2D eigenvalue weighted by molar-refractivity contribution is 8.13. The van der Waals surface area contributed by atoms with Crippen molar-refractivity contribution in [3.05, 3.63) is 0 Å². The number of rotatable bonds is 8. The predicted molar refractivity (Wildman–Crippen MR) is 110 cm³/mol. The quantitative estimate of drug-likeness (QED) is 0.696. The molecule has 2 aliphatic rings. The van der Waals surface area contributed by atoms with Crippen LogP contribution in [0.4, 0.5) is 4.79 Å². The van der Waals surface area contributed by atoms with Gasteiger partial charge in [-0.2, -0.15) is 0 Å². The SMILES string of the molecule is CC(=O)SCCN(CCC1CCCCC1)C(=O)NC[C@@H]1CCCN(C)C1. The summed E-state index contributed by atoms with van der Waals surface area (Å²) in [5, 5.41) is 3.29. The second-order valence-electron chi connectivity index (χ2n) is 8.08. The second kappa shape index (κ2) is 11.9. The monoisotopic (exact) mass is 383 g/mol. The predicted octanol–water partition coefficient (Wildman–Crippen LogP) is 3.59. The number of amides is 2. The Morgan fingerprint density at radius 2 is 1.81 bits per heavy atom. The van der Waals surface area contributed by atoms with Crippen molar-refractivity contribution in [1.82, 2.24) is 15.1 Å². The van der Waals surface area contributed by atoms with Crippen molar-refractivity contribution < 1.29 is 9.59 Å². The summed E-state index contributed by atoms with van der Waals surface area (Å²) in [4.78, 5) is 28.2. The molecule has 0 unspecified atom stereocenters. The normalized spacial score (nSPS) is 22.2. The van der Waals surface area contributed by atoms with Crippen LogP contribution in [0.2, 0.25) is 0 Å². The molecule has 26 heavy (non-hydrogen) atoms. The third-order valence-corrected chi connectivity index (χ3v) is 6.54. The van der Waals surface area contributed by atoms with Crippen LogP contribution in [0.3, 0.4) is 0 Å². The van der Waals surface area contributed by atoms with Gasteiger partial charge in [-0.15, -0.1) is 0 Å². The van der Waals surface area contributed by atoms with Gasteiger partial charge in [0.2, 0.25) is 0 Å². The van der Waals surface area contributed by atoms with Gasteiger partial charge >= 0.3 is 6.03 Å². The van der Waals surface area contributed by atoms with Gasteiger partial charge in [0.05, 0.1) is 0 Å². The van der Waals surface area contributed by atoms with E-state index in [-0.39, 0.29) is 11.1 Å². The van der Waals surface area contributed by atoms with E-state index in [2.05, 4.69) is 17.3 Å². The molecule has 0 spiro atoms. The first-order valence-corrected chi connectivity index (χ1v) is 11.4. The maximum absolute atomic E-state index is 12.7. The van der Waals surface area contributed by atoms with E-state index in [0.717, 1.165) is 32.0 Å². The minimum Gasteiger partial charge on any atom is -0.338 e. The number of carbonyl (C=O) groups excluding carboxylic acids is 2. The lowest BCUT2D eigenvalue weighted by Crippen LogP contribution is -2.46. The van der Waals surface area contributed by atoms with Gasteiger partial charge in [0.1, 0.15) is 0 Å². The summed E-state index contributed by atoms with van der Waals surface area (Å²) in [5.74, 6) is 2.02.